The highest BCUT2D eigenvalue weighted by molar-refractivity contribution is 7.89. The van der Waals surface area contributed by atoms with Crippen molar-refractivity contribution in [3.05, 3.63) is 18.2 Å². The first-order chi connectivity index (χ1) is 8.61. The van der Waals surface area contributed by atoms with E-state index in [9.17, 15) is 8.42 Å². The minimum Gasteiger partial charge on any atom is -0.399 e. The molecule has 4 N–H and O–H groups in total. The normalized spacial score (nSPS) is 12.2. The lowest BCUT2D eigenvalue weighted by molar-refractivity contribution is 0.570. The Kier molecular flexibility index (Phi) is 4.81. The van der Waals surface area contributed by atoms with E-state index in [4.69, 9.17) is 10.9 Å². The topological polar surface area (TPSA) is 89.4 Å². The summed E-state index contributed by atoms with van der Waals surface area (Å²) in [6.45, 7) is 9.17. The number of nitrogen functional groups attached to an aromatic ring is 1. The van der Waals surface area contributed by atoms with Crippen molar-refractivity contribution in [2.45, 2.75) is 38.6 Å². The first-order valence-electron chi connectivity index (χ1n) is 6.31. The average Bonchev–Trinajstić information content (AvgIpc) is 2.23. The van der Waals surface area contributed by atoms with E-state index in [0.29, 0.717) is 11.6 Å². The summed E-state index contributed by atoms with van der Waals surface area (Å²) in [6.07, 6.45) is 0. The zero-order valence-corrected chi connectivity index (χ0v) is 12.7. The first kappa shape index (κ1) is 15.8. The van der Waals surface area contributed by atoms with Crippen LogP contribution in [0.3, 0.4) is 0 Å². The highest BCUT2D eigenvalue weighted by atomic mass is 32.2. The van der Waals surface area contributed by atoms with Crippen LogP contribution in [0.4, 0.5) is 11.4 Å². The fraction of sp³-hybridized carbons (Fsp3) is 0.538. The lowest BCUT2D eigenvalue weighted by Gasteiger charge is -2.31. The number of sulfonamides is 1. The second kappa shape index (κ2) is 5.79. The third-order valence-electron chi connectivity index (χ3n) is 2.76. The maximum absolute atomic E-state index is 11.5. The second-order valence-corrected chi connectivity index (χ2v) is 7.01. The van der Waals surface area contributed by atoms with Gasteiger partial charge in [0.05, 0.1) is 4.90 Å². The highest BCUT2D eigenvalue weighted by Crippen LogP contribution is 2.25. The van der Waals surface area contributed by atoms with Gasteiger partial charge in [-0.15, -0.1) is 0 Å². The summed E-state index contributed by atoms with van der Waals surface area (Å²) in [4.78, 5) is 2.17. The molecule has 1 rings (SSSR count). The maximum Gasteiger partial charge on any atom is 0.238 e. The summed E-state index contributed by atoms with van der Waals surface area (Å²) in [6, 6.07) is 4.98. The molecule has 0 spiro atoms. The molecule has 0 saturated carbocycles. The van der Waals surface area contributed by atoms with E-state index < -0.39 is 10.0 Å². The zero-order valence-electron chi connectivity index (χ0n) is 11.9. The van der Waals surface area contributed by atoms with Crippen molar-refractivity contribution in [2.75, 3.05) is 17.2 Å². The van der Waals surface area contributed by atoms with Crippen LogP contribution in [0.1, 0.15) is 27.7 Å². The summed E-state index contributed by atoms with van der Waals surface area (Å²) in [5.41, 5.74) is 6.96. The molecular weight excluding hydrogens is 262 g/mol. The van der Waals surface area contributed by atoms with E-state index in [1.807, 2.05) is 0 Å². The van der Waals surface area contributed by atoms with Crippen molar-refractivity contribution in [3.8, 4) is 0 Å². The molecular formula is C13H23N3O2S. The third kappa shape index (κ3) is 4.40. The van der Waals surface area contributed by atoms with E-state index in [2.05, 4.69) is 32.6 Å². The van der Waals surface area contributed by atoms with Crippen LogP contribution in [-0.2, 0) is 10.0 Å². The van der Waals surface area contributed by atoms with Gasteiger partial charge in [-0.1, -0.05) is 13.8 Å². The molecule has 0 aliphatic heterocycles. The van der Waals surface area contributed by atoms with Gasteiger partial charge in [-0.3, -0.25) is 0 Å². The molecule has 1 aromatic carbocycles. The number of anilines is 2. The van der Waals surface area contributed by atoms with Crippen LogP contribution in [0.2, 0.25) is 0 Å². The standard InChI is InChI=1S/C13H23N3O2S/c1-9(2)8-16(10(3)4)12-5-11(14)6-13(7-12)19(15,17)18/h5-7,9-10H,8,14H2,1-4H3,(H2,15,17,18). The Hall–Kier alpha value is -1.27. The summed E-state index contributed by atoms with van der Waals surface area (Å²) >= 11 is 0. The summed E-state index contributed by atoms with van der Waals surface area (Å²) in [5, 5.41) is 5.17. The maximum atomic E-state index is 11.5. The fourth-order valence-corrected chi connectivity index (χ4v) is 2.53. The highest BCUT2D eigenvalue weighted by Gasteiger charge is 2.16. The molecule has 19 heavy (non-hydrogen) atoms. The van der Waals surface area contributed by atoms with E-state index >= 15 is 0 Å². The number of hydrogen-bond donors (Lipinski definition) is 2. The van der Waals surface area contributed by atoms with Gasteiger partial charge in [0.2, 0.25) is 10.0 Å². The Morgan fingerprint density at radius 1 is 1.16 bits per heavy atom. The number of primary sulfonamides is 1. The van der Waals surface area contributed by atoms with E-state index in [1.54, 1.807) is 12.1 Å². The molecule has 0 bridgehead atoms. The molecule has 0 unspecified atom stereocenters. The van der Waals surface area contributed by atoms with Gasteiger partial charge in [0, 0.05) is 24.0 Å². The molecule has 108 valence electrons. The molecule has 6 heteroatoms. The molecule has 0 radical (unpaired) electrons. The number of hydrogen-bond acceptors (Lipinski definition) is 4. The van der Waals surface area contributed by atoms with Crippen molar-refractivity contribution in [1.29, 1.82) is 0 Å². The van der Waals surface area contributed by atoms with E-state index in [-0.39, 0.29) is 10.9 Å². The van der Waals surface area contributed by atoms with Gasteiger partial charge in [0.1, 0.15) is 0 Å². The Balaban J connectivity index is 3.28. The monoisotopic (exact) mass is 285 g/mol. The zero-order chi connectivity index (χ0) is 14.8. The van der Waals surface area contributed by atoms with Crippen molar-refractivity contribution < 1.29 is 8.42 Å². The third-order valence-corrected chi connectivity index (χ3v) is 3.65. The molecule has 0 heterocycles. The average molecular weight is 285 g/mol. The molecule has 0 aliphatic rings. The molecule has 0 amide bonds. The first-order valence-corrected chi connectivity index (χ1v) is 7.86. The van der Waals surface area contributed by atoms with Crippen molar-refractivity contribution in [1.82, 2.24) is 0 Å². The van der Waals surface area contributed by atoms with E-state index in [1.165, 1.54) is 6.07 Å². The van der Waals surface area contributed by atoms with Crippen LogP contribution in [0.25, 0.3) is 0 Å². The molecule has 0 aliphatic carbocycles. The predicted molar refractivity (Wildman–Crippen MR) is 79.5 cm³/mol. The van der Waals surface area contributed by atoms with Crippen LogP contribution in [0.15, 0.2) is 23.1 Å². The Labute approximate surface area is 115 Å². The van der Waals surface area contributed by atoms with E-state index in [0.717, 1.165) is 12.2 Å². The molecule has 1 aromatic rings. The predicted octanol–water partition coefficient (Wildman–Crippen LogP) is 1.79. The minimum atomic E-state index is -3.74. The molecule has 0 aromatic heterocycles. The molecule has 0 saturated heterocycles. The van der Waals surface area contributed by atoms with Gasteiger partial charge < -0.3 is 10.6 Å². The number of rotatable bonds is 5. The summed E-state index contributed by atoms with van der Waals surface area (Å²) in [5.74, 6) is 0.460. The molecule has 0 fully saturated rings. The summed E-state index contributed by atoms with van der Waals surface area (Å²) in [7, 11) is -3.74. The van der Waals surface area contributed by atoms with Crippen LogP contribution in [0.5, 0.6) is 0 Å². The van der Waals surface area contributed by atoms with Gasteiger partial charge >= 0.3 is 0 Å². The quantitative estimate of drug-likeness (QED) is 0.807. The summed E-state index contributed by atoms with van der Waals surface area (Å²) < 4.78 is 22.9. The Morgan fingerprint density at radius 2 is 1.74 bits per heavy atom. The van der Waals surface area contributed by atoms with Gasteiger partial charge in [-0.05, 0) is 38.0 Å². The number of benzene rings is 1. The van der Waals surface area contributed by atoms with Crippen molar-refractivity contribution in [3.63, 3.8) is 0 Å². The van der Waals surface area contributed by atoms with Gasteiger partial charge in [0.25, 0.3) is 0 Å². The lowest BCUT2D eigenvalue weighted by atomic mass is 10.1. The van der Waals surface area contributed by atoms with Crippen LogP contribution in [-0.4, -0.2) is 21.0 Å². The van der Waals surface area contributed by atoms with Crippen molar-refractivity contribution >= 4 is 21.4 Å². The van der Waals surface area contributed by atoms with Crippen LogP contribution < -0.4 is 15.8 Å². The van der Waals surface area contributed by atoms with Crippen LogP contribution >= 0.6 is 0 Å². The second-order valence-electron chi connectivity index (χ2n) is 5.45. The molecule has 0 atom stereocenters. The smallest absolute Gasteiger partial charge is 0.238 e. The van der Waals surface area contributed by atoms with Crippen LogP contribution in [0, 0.1) is 5.92 Å². The SMILES string of the molecule is CC(C)CN(c1cc(N)cc(S(N)(=O)=O)c1)C(C)C. The van der Waals surface area contributed by atoms with Crippen molar-refractivity contribution in [2.24, 2.45) is 11.1 Å². The Morgan fingerprint density at radius 3 is 2.16 bits per heavy atom. The number of nitrogens with two attached hydrogens (primary N) is 2. The van der Waals surface area contributed by atoms with Gasteiger partial charge in [-0.25, -0.2) is 13.6 Å². The molecule has 5 nitrogen and oxygen atoms in total. The Bertz CT molecular complexity index is 539. The minimum absolute atomic E-state index is 0.0527. The fourth-order valence-electron chi connectivity index (χ4n) is 1.94. The van der Waals surface area contributed by atoms with Gasteiger partial charge in [-0.2, -0.15) is 0 Å². The van der Waals surface area contributed by atoms with Gasteiger partial charge in [0.15, 0.2) is 0 Å². The number of nitrogens with zero attached hydrogens (tertiary/aromatic N) is 1. The lowest BCUT2D eigenvalue weighted by Crippen LogP contribution is -2.34. The largest absolute Gasteiger partial charge is 0.399 e.